The number of carbonyl (C=O) groups is 1. The van der Waals surface area contributed by atoms with Crippen LogP contribution in [0.25, 0.3) is 0 Å². The zero-order valence-electron chi connectivity index (χ0n) is 16.8. The number of sulfone groups is 1. The Morgan fingerprint density at radius 1 is 1.04 bits per heavy atom. The Balaban J connectivity index is 1.72. The second-order valence-electron chi connectivity index (χ2n) is 7.62. The molecule has 5 nitrogen and oxygen atoms in total. The van der Waals surface area contributed by atoms with Gasteiger partial charge in [-0.3, -0.25) is 4.79 Å². The van der Waals surface area contributed by atoms with Crippen molar-refractivity contribution < 1.29 is 13.2 Å². The van der Waals surface area contributed by atoms with Crippen LogP contribution in [0.3, 0.4) is 0 Å². The fourth-order valence-corrected chi connectivity index (χ4v) is 4.22. The average molecular weight is 401 g/mol. The molecule has 0 saturated carbocycles. The third kappa shape index (κ3) is 4.73. The maximum Gasteiger partial charge on any atom is 0.254 e. The van der Waals surface area contributed by atoms with Gasteiger partial charge in [0.1, 0.15) is 0 Å². The summed E-state index contributed by atoms with van der Waals surface area (Å²) in [6.45, 7) is 4.50. The molecule has 0 aliphatic carbocycles. The minimum absolute atomic E-state index is 0.167. The van der Waals surface area contributed by atoms with E-state index in [0.29, 0.717) is 12.1 Å². The number of aryl methyl sites for hydroxylation is 1. The third-order valence-corrected chi connectivity index (χ3v) is 6.40. The van der Waals surface area contributed by atoms with Crippen LogP contribution in [0.1, 0.15) is 40.7 Å². The molecular formula is C22H28N2O3S. The van der Waals surface area contributed by atoms with Crippen LogP contribution in [0.15, 0.2) is 47.4 Å². The summed E-state index contributed by atoms with van der Waals surface area (Å²) in [6.07, 6.45) is 4.94. The van der Waals surface area contributed by atoms with Crippen LogP contribution in [0.2, 0.25) is 0 Å². The highest BCUT2D eigenvalue weighted by Gasteiger charge is 2.18. The first-order valence-corrected chi connectivity index (χ1v) is 11.5. The molecule has 0 aromatic heterocycles. The first-order chi connectivity index (χ1) is 13.3. The normalized spacial score (nSPS) is 14.8. The number of nitrogens with zero attached hydrogens (tertiary/aromatic N) is 2. The van der Waals surface area contributed by atoms with Crippen molar-refractivity contribution in [3.8, 4) is 0 Å². The number of hydrogen-bond acceptors (Lipinski definition) is 4. The van der Waals surface area contributed by atoms with Crippen LogP contribution in [0.5, 0.6) is 0 Å². The number of amides is 1. The number of piperidine rings is 1. The van der Waals surface area contributed by atoms with Gasteiger partial charge in [0.05, 0.1) is 4.90 Å². The molecule has 6 heteroatoms. The summed E-state index contributed by atoms with van der Waals surface area (Å²) in [6, 6.07) is 13.1. The van der Waals surface area contributed by atoms with E-state index in [0.717, 1.165) is 30.5 Å². The van der Waals surface area contributed by atoms with E-state index in [1.165, 1.54) is 31.0 Å². The first kappa shape index (κ1) is 20.4. The first-order valence-electron chi connectivity index (χ1n) is 9.66. The molecule has 3 rings (SSSR count). The molecule has 1 saturated heterocycles. The lowest BCUT2D eigenvalue weighted by atomic mass is 10.1. The average Bonchev–Trinajstić information content (AvgIpc) is 2.68. The van der Waals surface area contributed by atoms with Gasteiger partial charge < -0.3 is 9.80 Å². The van der Waals surface area contributed by atoms with Gasteiger partial charge >= 0.3 is 0 Å². The van der Waals surface area contributed by atoms with Crippen molar-refractivity contribution in [1.29, 1.82) is 0 Å². The Hall–Kier alpha value is -2.34. The zero-order chi connectivity index (χ0) is 20.3. The molecule has 0 bridgehead atoms. The fourth-order valence-electron chi connectivity index (χ4n) is 3.58. The quantitative estimate of drug-likeness (QED) is 0.769. The molecule has 0 atom stereocenters. The predicted molar refractivity (Wildman–Crippen MR) is 113 cm³/mol. The van der Waals surface area contributed by atoms with Crippen molar-refractivity contribution in [3.05, 3.63) is 59.2 Å². The largest absolute Gasteiger partial charge is 0.372 e. The monoisotopic (exact) mass is 400 g/mol. The number of rotatable bonds is 5. The smallest absolute Gasteiger partial charge is 0.254 e. The standard InChI is InChI=1S/C22H28N2O3S/c1-17-7-12-20(28(3,26)27)15-21(17)22(25)23(2)16-18-8-10-19(11-9-18)24-13-5-4-6-14-24/h7-12,15H,4-6,13-14,16H2,1-3H3. The second-order valence-corrected chi connectivity index (χ2v) is 9.64. The second kappa shape index (κ2) is 8.35. The Labute approximate surface area is 167 Å². The molecule has 1 amide bonds. The minimum Gasteiger partial charge on any atom is -0.372 e. The van der Waals surface area contributed by atoms with Crippen molar-refractivity contribution in [3.63, 3.8) is 0 Å². The van der Waals surface area contributed by atoms with Crippen molar-refractivity contribution in [2.75, 3.05) is 31.3 Å². The number of benzene rings is 2. The SMILES string of the molecule is Cc1ccc(S(C)(=O)=O)cc1C(=O)N(C)Cc1ccc(N2CCCCC2)cc1. The highest BCUT2D eigenvalue weighted by atomic mass is 32.2. The van der Waals surface area contributed by atoms with E-state index < -0.39 is 9.84 Å². The van der Waals surface area contributed by atoms with Crippen LogP contribution in [0, 0.1) is 6.92 Å². The Bertz CT molecular complexity index is 946. The molecule has 150 valence electrons. The molecule has 0 spiro atoms. The lowest BCUT2D eigenvalue weighted by Gasteiger charge is -2.29. The van der Waals surface area contributed by atoms with Crippen LogP contribution >= 0.6 is 0 Å². The van der Waals surface area contributed by atoms with E-state index in [9.17, 15) is 13.2 Å². The topological polar surface area (TPSA) is 57.7 Å². The summed E-state index contributed by atoms with van der Waals surface area (Å²) in [5, 5.41) is 0. The van der Waals surface area contributed by atoms with Crippen LogP contribution in [0.4, 0.5) is 5.69 Å². The van der Waals surface area contributed by atoms with E-state index in [2.05, 4.69) is 29.2 Å². The molecule has 1 aliphatic rings. The van der Waals surface area contributed by atoms with Crippen molar-refractivity contribution in [2.24, 2.45) is 0 Å². The van der Waals surface area contributed by atoms with Gasteiger partial charge in [-0.25, -0.2) is 8.42 Å². The van der Waals surface area contributed by atoms with Gasteiger partial charge in [0.2, 0.25) is 0 Å². The lowest BCUT2D eigenvalue weighted by molar-refractivity contribution is 0.0784. The summed E-state index contributed by atoms with van der Waals surface area (Å²) >= 11 is 0. The van der Waals surface area contributed by atoms with E-state index in [-0.39, 0.29) is 10.8 Å². The van der Waals surface area contributed by atoms with E-state index >= 15 is 0 Å². The summed E-state index contributed by atoms with van der Waals surface area (Å²) < 4.78 is 23.6. The Morgan fingerprint density at radius 3 is 2.29 bits per heavy atom. The maximum absolute atomic E-state index is 12.9. The van der Waals surface area contributed by atoms with Gasteiger partial charge in [-0.1, -0.05) is 18.2 Å². The van der Waals surface area contributed by atoms with Gasteiger partial charge in [-0.05, 0) is 61.6 Å². The highest BCUT2D eigenvalue weighted by molar-refractivity contribution is 7.90. The summed E-state index contributed by atoms with van der Waals surface area (Å²) in [4.78, 5) is 17.1. The molecule has 2 aromatic carbocycles. The van der Waals surface area contributed by atoms with Gasteiger partial charge in [-0.2, -0.15) is 0 Å². The zero-order valence-corrected chi connectivity index (χ0v) is 17.6. The molecule has 0 unspecified atom stereocenters. The predicted octanol–water partition coefficient (Wildman–Crippen LogP) is 3.66. The van der Waals surface area contributed by atoms with Gasteiger partial charge in [-0.15, -0.1) is 0 Å². The lowest BCUT2D eigenvalue weighted by Crippen LogP contribution is -2.29. The van der Waals surface area contributed by atoms with Crippen molar-refractivity contribution in [2.45, 2.75) is 37.6 Å². The summed E-state index contributed by atoms with van der Waals surface area (Å²) in [7, 11) is -1.61. The van der Waals surface area contributed by atoms with Gasteiger partial charge in [0, 0.05) is 44.2 Å². The molecule has 1 heterocycles. The van der Waals surface area contributed by atoms with Crippen LogP contribution in [-0.4, -0.2) is 45.6 Å². The number of carbonyl (C=O) groups excluding carboxylic acids is 1. The molecule has 0 radical (unpaired) electrons. The van der Waals surface area contributed by atoms with Crippen LogP contribution in [-0.2, 0) is 16.4 Å². The summed E-state index contributed by atoms with van der Waals surface area (Å²) in [5.41, 5.74) is 3.47. The van der Waals surface area contributed by atoms with Gasteiger partial charge in [0.25, 0.3) is 5.91 Å². The molecule has 1 aliphatic heterocycles. The fraction of sp³-hybridized carbons (Fsp3) is 0.409. The Morgan fingerprint density at radius 2 is 1.68 bits per heavy atom. The van der Waals surface area contributed by atoms with Gasteiger partial charge in [0.15, 0.2) is 9.84 Å². The minimum atomic E-state index is -3.35. The number of hydrogen-bond donors (Lipinski definition) is 0. The van der Waals surface area contributed by atoms with Crippen molar-refractivity contribution in [1.82, 2.24) is 4.90 Å². The Kier molecular flexibility index (Phi) is 6.08. The van der Waals surface area contributed by atoms with E-state index in [1.807, 2.05) is 6.92 Å². The van der Waals surface area contributed by atoms with Crippen molar-refractivity contribution >= 4 is 21.4 Å². The summed E-state index contributed by atoms with van der Waals surface area (Å²) in [5.74, 6) is -0.178. The van der Waals surface area contributed by atoms with E-state index in [1.54, 1.807) is 24.1 Å². The van der Waals surface area contributed by atoms with Crippen LogP contribution < -0.4 is 4.90 Å². The molecule has 0 N–H and O–H groups in total. The number of anilines is 1. The third-order valence-electron chi connectivity index (χ3n) is 5.29. The molecular weight excluding hydrogens is 372 g/mol. The molecule has 28 heavy (non-hydrogen) atoms. The maximum atomic E-state index is 12.9. The molecule has 2 aromatic rings. The van der Waals surface area contributed by atoms with E-state index in [4.69, 9.17) is 0 Å². The molecule has 1 fully saturated rings. The highest BCUT2D eigenvalue weighted by Crippen LogP contribution is 2.22.